The second kappa shape index (κ2) is 6.27. The van der Waals surface area contributed by atoms with Gasteiger partial charge in [-0.2, -0.15) is 0 Å². The summed E-state index contributed by atoms with van der Waals surface area (Å²) in [7, 11) is 2.22. The summed E-state index contributed by atoms with van der Waals surface area (Å²) in [5, 5.41) is 3.66. The molecule has 0 radical (unpaired) electrons. The zero-order chi connectivity index (χ0) is 14.9. The molecule has 0 amide bonds. The molecule has 2 aliphatic heterocycles. The van der Waals surface area contributed by atoms with Crippen LogP contribution in [0.2, 0.25) is 0 Å². The zero-order valence-corrected chi connectivity index (χ0v) is 14.6. The average molecular weight is 353 g/mol. The molecule has 21 heavy (non-hydrogen) atoms. The van der Waals surface area contributed by atoms with E-state index in [1.165, 1.54) is 37.1 Å². The van der Waals surface area contributed by atoms with Crippen LogP contribution in [0.3, 0.4) is 0 Å². The Balaban J connectivity index is 1.59. The first-order valence-electron chi connectivity index (χ1n) is 7.89. The van der Waals surface area contributed by atoms with Gasteiger partial charge in [0.15, 0.2) is 0 Å². The molecular formula is C17H25BrN2O. The number of likely N-dealkylation sites (tertiary alicyclic amines) is 1. The van der Waals surface area contributed by atoms with Crippen LogP contribution in [0.4, 0.5) is 0 Å². The van der Waals surface area contributed by atoms with Crippen LogP contribution in [-0.2, 0) is 13.0 Å². The third-order valence-electron chi connectivity index (χ3n) is 4.89. The molecule has 0 spiro atoms. The van der Waals surface area contributed by atoms with E-state index in [-0.39, 0.29) is 0 Å². The second-order valence-electron chi connectivity index (χ2n) is 6.87. The maximum absolute atomic E-state index is 5.80. The number of halogens is 1. The molecule has 0 bridgehead atoms. The highest BCUT2D eigenvalue weighted by Gasteiger charge is 2.28. The van der Waals surface area contributed by atoms with Crippen molar-refractivity contribution in [3.63, 3.8) is 0 Å². The first kappa shape index (κ1) is 15.3. The number of rotatable bonds is 4. The summed E-state index contributed by atoms with van der Waals surface area (Å²) in [5.74, 6) is 1.11. The fourth-order valence-electron chi connectivity index (χ4n) is 3.31. The Hall–Kier alpha value is -0.580. The van der Waals surface area contributed by atoms with Gasteiger partial charge in [-0.15, -0.1) is 0 Å². The maximum atomic E-state index is 5.80. The van der Waals surface area contributed by atoms with Gasteiger partial charge in [-0.3, -0.25) is 0 Å². The number of fused-ring (bicyclic) bond motifs is 1. The number of hydrogen-bond donors (Lipinski definition) is 1. The van der Waals surface area contributed by atoms with Gasteiger partial charge in [-0.1, -0.05) is 22.9 Å². The van der Waals surface area contributed by atoms with Gasteiger partial charge in [-0.25, -0.2) is 0 Å². The predicted octanol–water partition coefficient (Wildman–Crippen LogP) is 3.21. The van der Waals surface area contributed by atoms with Gasteiger partial charge in [0.2, 0.25) is 0 Å². The van der Waals surface area contributed by atoms with Crippen molar-refractivity contribution < 1.29 is 4.74 Å². The molecule has 0 atom stereocenters. The molecule has 1 N–H and O–H groups in total. The fourth-order valence-corrected chi connectivity index (χ4v) is 3.86. The predicted molar refractivity (Wildman–Crippen MR) is 89.9 cm³/mol. The van der Waals surface area contributed by atoms with E-state index < -0.39 is 0 Å². The summed E-state index contributed by atoms with van der Waals surface area (Å²) in [4.78, 5) is 2.43. The van der Waals surface area contributed by atoms with Crippen molar-refractivity contribution in [1.29, 1.82) is 0 Å². The summed E-state index contributed by atoms with van der Waals surface area (Å²) in [6.45, 7) is 7.65. The minimum absolute atomic E-state index is 0.433. The van der Waals surface area contributed by atoms with Gasteiger partial charge in [0.1, 0.15) is 5.75 Å². The molecule has 116 valence electrons. The molecule has 4 heteroatoms. The van der Waals surface area contributed by atoms with Gasteiger partial charge in [0.25, 0.3) is 0 Å². The fraction of sp³-hybridized carbons (Fsp3) is 0.647. The summed E-state index contributed by atoms with van der Waals surface area (Å²) < 4.78 is 6.96. The Bertz CT molecular complexity index is 510. The molecule has 2 aliphatic rings. The topological polar surface area (TPSA) is 24.5 Å². The van der Waals surface area contributed by atoms with E-state index in [1.54, 1.807) is 0 Å². The first-order valence-corrected chi connectivity index (χ1v) is 8.68. The van der Waals surface area contributed by atoms with Crippen molar-refractivity contribution in [3.05, 3.63) is 27.7 Å². The number of nitrogens with one attached hydrogen (secondary N) is 1. The molecule has 2 heterocycles. The Morgan fingerprint density at radius 3 is 2.86 bits per heavy atom. The van der Waals surface area contributed by atoms with Gasteiger partial charge in [0, 0.05) is 29.5 Å². The van der Waals surface area contributed by atoms with Crippen molar-refractivity contribution in [3.8, 4) is 5.75 Å². The Labute approximate surface area is 136 Å². The maximum Gasteiger partial charge on any atom is 0.127 e. The Kier molecular flexibility index (Phi) is 4.57. The van der Waals surface area contributed by atoms with Crippen LogP contribution in [-0.4, -0.2) is 38.2 Å². The molecule has 1 aromatic carbocycles. The number of ether oxygens (including phenoxy) is 1. The van der Waals surface area contributed by atoms with Gasteiger partial charge >= 0.3 is 0 Å². The third-order valence-corrected chi connectivity index (χ3v) is 5.34. The SMILES string of the molecule is CN1CCC(C)(CNCc2cc(Br)cc3c2OCC3)CC1. The molecule has 0 aliphatic carbocycles. The highest BCUT2D eigenvalue weighted by molar-refractivity contribution is 9.10. The Morgan fingerprint density at radius 1 is 1.33 bits per heavy atom. The van der Waals surface area contributed by atoms with E-state index >= 15 is 0 Å². The summed E-state index contributed by atoms with van der Waals surface area (Å²) in [6, 6.07) is 4.37. The average Bonchev–Trinajstić information content (AvgIpc) is 2.90. The van der Waals surface area contributed by atoms with Crippen molar-refractivity contribution in [2.24, 2.45) is 5.41 Å². The number of piperidine rings is 1. The molecule has 0 aromatic heterocycles. The van der Waals surface area contributed by atoms with E-state index in [9.17, 15) is 0 Å². The molecule has 1 saturated heterocycles. The third kappa shape index (κ3) is 3.61. The minimum atomic E-state index is 0.433. The van der Waals surface area contributed by atoms with Gasteiger partial charge < -0.3 is 15.0 Å². The molecule has 3 nitrogen and oxygen atoms in total. The molecule has 1 fully saturated rings. The lowest BCUT2D eigenvalue weighted by atomic mass is 9.80. The van der Waals surface area contributed by atoms with Crippen LogP contribution >= 0.6 is 15.9 Å². The van der Waals surface area contributed by atoms with Crippen LogP contribution in [0.5, 0.6) is 5.75 Å². The van der Waals surface area contributed by atoms with Crippen molar-refractivity contribution in [1.82, 2.24) is 10.2 Å². The monoisotopic (exact) mass is 352 g/mol. The van der Waals surface area contributed by atoms with Crippen LogP contribution in [0.1, 0.15) is 30.9 Å². The van der Waals surface area contributed by atoms with Crippen LogP contribution in [0, 0.1) is 5.41 Å². The summed E-state index contributed by atoms with van der Waals surface area (Å²) >= 11 is 3.61. The van der Waals surface area contributed by atoms with Gasteiger partial charge in [-0.05, 0) is 56.1 Å². The number of hydrogen-bond acceptors (Lipinski definition) is 3. The van der Waals surface area contributed by atoms with Crippen LogP contribution in [0.25, 0.3) is 0 Å². The number of nitrogens with zero attached hydrogens (tertiary/aromatic N) is 1. The normalized spacial score (nSPS) is 21.1. The lowest BCUT2D eigenvalue weighted by molar-refractivity contribution is 0.136. The lowest BCUT2D eigenvalue weighted by Gasteiger charge is -2.38. The quantitative estimate of drug-likeness (QED) is 0.900. The minimum Gasteiger partial charge on any atom is -0.493 e. The van der Waals surface area contributed by atoms with E-state index in [0.717, 1.165) is 36.3 Å². The van der Waals surface area contributed by atoms with E-state index in [1.807, 2.05) is 0 Å². The van der Waals surface area contributed by atoms with E-state index in [2.05, 4.69) is 52.3 Å². The van der Waals surface area contributed by atoms with Crippen LogP contribution < -0.4 is 10.1 Å². The van der Waals surface area contributed by atoms with Crippen molar-refractivity contribution >= 4 is 15.9 Å². The molecule has 3 rings (SSSR count). The highest BCUT2D eigenvalue weighted by Crippen LogP contribution is 2.33. The standard InChI is InChI=1S/C17H25BrN2O/c1-17(4-6-20(2)7-5-17)12-19-11-14-10-15(18)9-13-3-8-21-16(13)14/h9-10,19H,3-8,11-12H2,1-2H3. The Morgan fingerprint density at radius 2 is 2.10 bits per heavy atom. The van der Waals surface area contributed by atoms with E-state index in [4.69, 9.17) is 4.74 Å². The van der Waals surface area contributed by atoms with Crippen molar-refractivity contribution in [2.45, 2.75) is 32.7 Å². The highest BCUT2D eigenvalue weighted by atomic mass is 79.9. The smallest absolute Gasteiger partial charge is 0.127 e. The molecule has 0 unspecified atom stereocenters. The molecular weight excluding hydrogens is 328 g/mol. The largest absolute Gasteiger partial charge is 0.493 e. The lowest BCUT2D eigenvalue weighted by Crippen LogP contribution is -2.41. The summed E-state index contributed by atoms with van der Waals surface area (Å²) in [6.07, 6.45) is 3.60. The van der Waals surface area contributed by atoms with E-state index in [0.29, 0.717) is 5.41 Å². The zero-order valence-electron chi connectivity index (χ0n) is 13.0. The van der Waals surface area contributed by atoms with Crippen molar-refractivity contribution in [2.75, 3.05) is 33.3 Å². The second-order valence-corrected chi connectivity index (χ2v) is 7.78. The molecule has 0 saturated carbocycles. The first-order chi connectivity index (χ1) is 10.1. The number of benzene rings is 1. The summed E-state index contributed by atoms with van der Waals surface area (Å²) in [5.41, 5.74) is 3.06. The van der Waals surface area contributed by atoms with Gasteiger partial charge in [0.05, 0.1) is 6.61 Å². The molecule has 1 aromatic rings. The van der Waals surface area contributed by atoms with Crippen LogP contribution in [0.15, 0.2) is 16.6 Å².